The van der Waals surface area contributed by atoms with Crippen molar-refractivity contribution in [2.24, 2.45) is 11.3 Å². The van der Waals surface area contributed by atoms with Crippen molar-refractivity contribution in [3.63, 3.8) is 0 Å². The first-order chi connectivity index (χ1) is 9.90. The Kier molecular flexibility index (Phi) is 5.25. The quantitative estimate of drug-likeness (QED) is 0.831. The summed E-state index contributed by atoms with van der Waals surface area (Å²) < 4.78 is 0. The van der Waals surface area contributed by atoms with Crippen molar-refractivity contribution in [1.82, 2.24) is 10.2 Å². The van der Waals surface area contributed by atoms with Crippen molar-refractivity contribution in [2.45, 2.75) is 58.4 Å². The van der Waals surface area contributed by atoms with E-state index in [1.165, 1.54) is 0 Å². The minimum Gasteiger partial charge on any atom is -0.481 e. The number of nitrogens with one attached hydrogen (secondary N) is 1. The lowest BCUT2D eigenvalue weighted by molar-refractivity contribution is -0.140. The van der Waals surface area contributed by atoms with E-state index < -0.39 is 5.97 Å². The molecule has 0 aromatic rings. The lowest BCUT2D eigenvalue weighted by atomic mass is 9.76. The molecule has 2 fully saturated rings. The fraction of sp³-hybridized carbons (Fsp3) is 0.875. The fourth-order valence-corrected chi connectivity index (χ4v) is 3.58. The molecule has 0 aliphatic carbocycles. The molecule has 0 saturated carbocycles. The zero-order chi connectivity index (χ0) is 15.5. The molecule has 5 heteroatoms. The summed E-state index contributed by atoms with van der Waals surface area (Å²) in [4.78, 5) is 25.3. The highest BCUT2D eigenvalue weighted by Gasteiger charge is 2.39. The van der Waals surface area contributed by atoms with Crippen molar-refractivity contribution in [1.29, 1.82) is 0 Å². The molecule has 0 radical (unpaired) electrons. The van der Waals surface area contributed by atoms with Crippen LogP contribution in [0.25, 0.3) is 0 Å². The summed E-state index contributed by atoms with van der Waals surface area (Å²) in [7, 11) is 0. The predicted molar refractivity (Wildman–Crippen MR) is 81.0 cm³/mol. The van der Waals surface area contributed by atoms with Crippen molar-refractivity contribution < 1.29 is 14.7 Å². The lowest BCUT2D eigenvalue weighted by Crippen LogP contribution is -2.57. The van der Waals surface area contributed by atoms with Gasteiger partial charge in [0.2, 0.25) is 5.91 Å². The molecular formula is C16H28N2O3. The van der Waals surface area contributed by atoms with Crippen LogP contribution in [0.15, 0.2) is 0 Å². The van der Waals surface area contributed by atoms with E-state index in [0.29, 0.717) is 5.92 Å². The van der Waals surface area contributed by atoms with Crippen LogP contribution in [0.2, 0.25) is 0 Å². The third kappa shape index (κ3) is 4.19. The van der Waals surface area contributed by atoms with Crippen molar-refractivity contribution in [3.05, 3.63) is 0 Å². The molecule has 2 aliphatic rings. The monoisotopic (exact) mass is 296 g/mol. The maximum Gasteiger partial charge on any atom is 0.303 e. The zero-order valence-electron chi connectivity index (χ0n) is 13.2. The Morgan fingerprint density at radius 1 is 1.29 bits per heavy atom. The molecule has 2 aliphatic heterocycles. The number of likely N-dealkylation sites (tertiary alicyclic amines) is 1. The summed E-state index contributed by atoms with van der Waals surface area (Å²) in [5.41, 5.74) is 0.0233. The maximum absolute atomic E-state index is 12.7. The Labute approximate surface area is 127 Å². The minimum absolute atomic E-state index is 0.0233. The molecule has 1 unspecified atom stereocenters. The van der Waals surface area contributed by atoms with E-state index in [0.717, 1.165) is 51.7 Å². The van der Waals surface area contributed by atoms with Gasteiger partial charge in [-0.05, 0) is 50.0 Å². The van der Waals surface area contributed by atoms with Gasteiger partial charge < -0.3 is 15.3 Å². The van der Waals surface area contributed by atoms with E-state index in [1.807, 2.05) is 4.90 Å². The van der Waals surface area contributed by atoms with Crippen LogP contribution < -0.4 is 5.32 Å². The number of aliphatic carboxylic acids is 1. The normalized spacial score (nSPS) is 26.6. The van der Waals surface area contributed by atoms with Gasteiger partial charge in [0.05, 0.1) is 6.04 Å². The van der Waals surface area contributed by atoms with E-state index in [2.05, 4.69) is 19.2 Å². The van der Waals surface area contributed by atoms with Gasteiger partial charge in [0.25, 0.3) is 0 Å². The molecule has 0 spiro atoms. The van der Waals surface area contributed by atoms with Gasteiger partial charge in [0.15, 0.2) is 0 Å². The minimum atomic E-state index is -0.721. The topological polar surface area (TPSA) is 69.6 Å². The average Bonchev–Trinajstić information content (AvgIpc) is 2.44. The maximum atomic E-state index is 12.7. The molecule has 2 N–H and O–H groups in total. The largest absolute Gasteiger partial charge is 0.481 e. The van der Waals surface area contributed by atoms with Gasteiger partial charge in [-0.25, -0.2) is 0 Å². The molecule has 21 heavy (non-hydrogen) atoms. The van der Waals surface area contributed by atoms with Crippen LogP contribution in [0.5, 0.6) is 0 Å². The Balaban J connectivity index is 1.84. The first-order valence-corrected chi connectivity index (χ1v) is 8.14. The summed E-state index contributed by atoms with van der Waals surface area (Å²) in [6.07, 6.45) is 5.08. The molecule has 2 heterocycles. The highest BCUT2D eigenvalue weighted by atomic mass is 16.4. The average molecular weight is 296 g/mol. The number of piperidine rings is 2. The highest BCUT2D eigenvalue weighted by molar-refractivity contribution is 5.83. The molecule has 0 aromatic carbocycles. The van der Waals surface area contributed by atoms with Crippen LogP contribution in [-0.4, -0.2) is 47.6 Å². The van der Waals surface area contributed by atoms with E-state index in [1.54, 1.807) is 0 Å². The number of nitrogens with zero attached hydrogens (tertiary/aromatic N) is 1. The molecule has 1 amide bonds. The summed E-state index contributed by atoms with van der Waals surface area (Å²) in [6.45, 7) is 6.81. The van der Waals surface area contributed by atoms with E-state index in [4.69, 9.17) is 5.11 Å². The third-order valence-electron chi connectivity index (χ3n) is 5.07. The number of rotatable bonds is 4. The first kappa shape index (κ1) is 16.3. The Morgan fingerprint density at radius 3 is 2.52 bits per heavy atom. The standard InChI is InChI=1S/C16H28N2O3/c1-16(2)8-3-9-17-14(16)15(21)18-10-6-12(7-11-18)4-5-13(19)20/h12,14,17H,3-11H2,1-2H3,(H,19,20). The van der Waals surface area contributed by atoms with Crippen LogP contribution in [-0.2, 0) is 9.59 Å². The lowest BCUT2D eigenvalue weighted by Gasteiger charge is -2.42. The van der Waals surface area contributed by atoms with Gasteiger partial charge in [0.1, 0.15) is 0 Å². The Hall–Kier alpha value is -1.10. The first-order valence-electron chi connectivity index (χ1n) is 8.14. The molecule has 0 bridgehead atoms. The van der Waals surface area contributed by atoms with Crippen molar-refractivity contribution in [2.75, 3.05) is 19.6 Å². The Morgan fingerprint density at radius 2 is 1.95 bits per heavy atom. The van der Waals surface area contributed by atoms with Crippen molar-refractivity contribution in [3.8, 4) is 0 Å². The van der Waals surface area contributed by atoms with Gasteiger partial charge in [-0.3, -0.25) is 9.59 Å². The van der Waals surface area contributed by atoms with Gasteiger partial charge in [-0.2, -0.15) is 0 Å². The molecule has 0 aromatic heterocycles. The van der Waals surface area contributed by atoms with Gasteiger partial charge >= 0.3 is 5.97 Å². The highest BCUT2D eigenvalue weighted by Crippen LogP contribution is 2.32. The number of amides is 1. The molecular weight excluding hydrogens is 268 g/mol. The molecule has 120 valence electrons. The number of hydrogen-bond donors (Lipinski definition) is 2. The number of carboxylic acids is 1. The number of hydrogen-bond acceptors (Lipinski definition) is 3. The van der Waals surface area contributed by atoms with E-state index in [9.17, 15) is 9.59 Å². The SMILES string of the molecule is CC1(C)CCCNC1C(=O)N1CCC(CCC(=O)O)CC1. The molecule has 1 atom stereocenters. The third-order valence-corrected chi connectivity index (χ3v) is 5.07. The van der Waals surface area contributed by atoms with Gasteiger partial charge in [0, 0.05) is 19.5 Å². The summed E-state index contributed by atoms with van der Waals surface area (Å²) in [6, 6.07) is -0.0678. The number of carbonyl (C=O) groups is 2. The van der Waals surface area contributed by atoms with Crippen LogP contribution >= 0.6 is 0 Å². The fourth-order valence-electron chi connectivity index (χ4n) is 3.58. The van der Waals surface area contributed by atoms with Gasteiger partial charge in [-0.15, -0.1) is 0 Å². The van der Waals surface area contributed by atoms with E-state index >= 15 is 0 Å². The Bertz CT molecular complexity index is 387. The second-order valence-electron chi connectivity index (χ2n) is 7.18. The predicted octanol–water partition coefficient (Wildman–Crippen LogP) is 1.87. The second kappa shape index (κ2) is 6.77. The molecule has 2 saturated heterocycles. The second-order valence-corrected chi connectivity index (χ2v) is 7.18. The summed E-state index contributed by atoms with van der Waals surface area (Å²) >= 11 is 0. The molecule has 5 nitrogen and oxygen atoms in total. The number of carboxylic acid groups (broad SMARTS) is 1. The van der Waals surface area contributed by atoms with Crippen LogP contribution in [0.3, 0.4) is 0 Å². The molecule has 2 rings (SSSR count). The zero-order valence-corrected chi connectivity index (χ0v) is 13.2. The van der Waals surface area contributed by atoms with Crippen LogP contribution in [0.4, 0.5) is 0 Å². The van der Waals surface area contributed by atoms with E-state index in [-0.39, 0.29) is 23.8 Å². The van der Waals surface area contributed by atoms with Crippen LogP contribution in [0, 0.1) is 11.3 Å². The summed E-state index contributed by atoms with van der Waals surface area (Å²) in [5.74, 6) is -0.0319. The van der Waals surface area contributed by atoms with Gasteiger partial charge in [-0.1, -0.05) is 13.8 Å². The number of carbonyl (C=O) groups excluding carboxylic acids is 1. The summed E-state index contributed by atoms with van der Waals surface area (Å²) in [5, 5.41) is 12.1. The smallest absolute Gasteiger partial charge is 0.303 e. The van der Waals surface area contributed by atoms with Crippen LogP contribution in [0.1, 0.15) is 52.4 Å². The van der Waals surface area contributed by atoms with Crippen molar-refractivity contribution >= 4 is 11.9 Å².